The van der Waals surface area contributed by atoms with Crippen molar-refractivity contribution in [3.05, 3.63) is 72.8 Å². The Morgan fingerprint density at radius 1 is 1.12 bits per heavy atom. The van der Waals surface area contributed by atoms with E-state index in [1.165, 1.54) is 36.0 Å². The number of benzene rings is 2. The molecule has 0 bridgehead atoms. The van der Waals surface area contributed by atoms with Crippen LogP contribution in [0.1, 0.15) is 12.7 Å². The van der Waals surface area contributed by atoms with E-state index in [9.17, 15) is 14.0 Å². The molecular weight excluding hydrogens is 445 g/mol. The minimum Gasteiger partial charge on any atom is -0.492 e. The first-order valence-corrected chi connectivity index (χ1v) is 11.2. The van der Waals surface area contributed by atoms with Crippen LogP contribution in [0.3, 0.4) is 0 Å². The van der Waals surface area contributed by atoms with Gasteiger partial charge in [0.2, 0.25) is 11.8 Å². The zero-order chi connectivity index (χ0) is 23.6. The number of hydrogen-bond donors (Lipinski definition) is 2. The van der Waals surface area contributed by atoms with Crippen LogP contribution in [0, 0.1) is 5.82 Å². The minimum atomic E-state index is -0.384. The van der Waals surface area contributed by atoms with E-state index in [2.05, 4.69) is 27.4 Å². The van der Waals surface area contributed by atoms with Gasteiger partial charge in [-0.1, -0.05) is 30.0 Å². The number of para-hydroxylation sites is 2. The number of halogens is 1. The zero-order valence-electron chi connectivity index (χ0n) is 18.1. The Morgan fingerprint density at radius 2 is 1.88 bits per heavy atom. The van der Waals surface area contributed by atoms with E-state index in [0.717, 1.165) is 0 Å². The second-order valence-corrected chi connectivity index (χ2v) is 7.74. The predicted molar refractivity (Wildman–Crippen MR) is 126 cm³/mol. The molecule has 0 aliphatic carbocycles. The lowest BCUT2D eigenvalue weighted by atomic mass is 10.3. The highest BCUT2D eigenvalue weighted by Crippen LogP contribution is 2.24. The standard InChI is InChI=1S/C23H24FN5O3S/c1-3-13-29-20(14-21(30)25-17-11-9-16(24)10-12-17)27-28-23(29)33-15-22(31)26-18-7-5-6-8-19(18)32-4-2/h3,5-12H,1,4,13-15H2,2H3,(H,25,30)(H,26,31). The third kappa shape index (κ3) is 6.91. The number of thioether (sulfide) groups is 1. The van der Waals surface area contributed by atoms with Crippen molar-refractivity contribution >= 4 is 35.0 Å². The average molecular weight is 470 g/mol. The van der Waals surface area contributed by atoms with Crippen molar-refractivity contribution in [2.24, 2.45) is 0 Å². The van der Waals surface area contributed by atoms with Crippen LogP contribution in [0.25, 0.3) is 0 Å². The fourth-order valence-electron chi connectivity index (χ4n) is 2.92. The summed E-state index contributed by atoms with van der Waals surface area (Å²) in [5.41, 5.74) is 1.07. The molecule has 0 atom stereocenters. The number of aromatic nitrogens is 3. The Hall–Kier alpha value is -3.66. The van der Waals surface area contributed by atoms with Gasteiger partial charge in [0.15, 0.2) is 5.16 Å². The third-order valence-corrected chi connectivity index (χ3v) is 5.31. The highest BCUT2D eigenvalue weighted by Gasteiger charge is 2.17. The van der Waals surface area contributed by atoms with E-state index >= 15 is 0 Å². The minimum absolute atomic E-state index is 0.0350. The van der Waals surface area contributed by atoms with E-state index in [1.807, 2.05) is 19.1 Å². The van der Waals surface area contributed by atoms with Crippen molar-refractivity contribution in [1.82, 2.24) is 14.8 Å². The van der Waals surface area contributed by atoms with Gasteiger partial charge in [-0.3, -0.25) is 9.59 Å². The Bertz CT molecular complexity index is 1120. The van der Waals surface area contributed by atoms with Crippen molar-refractivity contribution in [1.29, 1.82) is 0 Å². The van der Waals surface area contributed by atoms with Crippen LogP contribution in [0.5, 0.6) is 5.75 Å². The first-order valence-electron chi connectivity index (χ1n) is 10.2. The lowest BCUT2D eigenvalue weighted by Gasteiger charge is -2.11. The van der Waals surface area contributed by atoms with Crippen LogP contribution in [-0.2, 0) is 22.6 Å². The van der Waals surface area contributed by atoms with Crippen molar-refractivity contribution < 1.29 is 18.7 Å². The first kappa shape index (κ1) is 24.0. The molecule has 10 heteroatoms. The van der Waals surface area contributed by atoms with E-state index in [4.69, 9.17) is 4.74 Å². The molecule has 2 aromatic carbocycles. The number of rotatable bonds is 11. The molecular formula is C23H24FN5O3S. The van der Waals surface area contributed by atoms with Gasteiger partial charge in [0.1, 0.15) is 17.4 Å². The Labute approximate surface area is 195 Å². The number of anilines is 2. The van der Waals surface area contributed by atoms with Gasteiger partial charge in [-0.05, 0) is 43.3 Å². The summed E-state index contributed by atoms with van der Waals surface area (Å²) in [6.07, 6.45) is 1.62. The molecule has 0 saturated heterocycles. The molecule has 0 saturated carbocycles. The molecule has 0 aliphatic rings. The van der Waals surface area contributed by atoms with Gasteiger partial charge in [-0.15, -0.1) is 16.8 Å². The number of nitrogens with one attached hydrogen (secondary N) is 2. The van der Waals surface area contributed by atoms with Crippen LogP contribution in [0.2, 0.25) is 0 Å². The predicted octanol–water partition coefficient (Wildman–Crippen LogP) is 3.91. The maximum atomic E-state index is 13.0. The molecule has 8 nitrogen and oxygen atoms in total. The van der Waals surface area contributed by atoms with Gasteiger partial charge in [0.25, 0.3) is 0 Å². The normalized spacial score (nSPS) is 10.5. The Kier molecular flexibility index (Phi) is 8.59. The summed E-state index contributed by atoms with van der Waals surface area (Å²) in [7, 11) is 0. The van der Waals surface area contributed by atoms with Gasteiger partial charge in [-0.2, -0.15) is 0 Å². The molecule has 2 N–H and O–H groups in total. The van der Waals surface area contributed by atoms with Gasteiger partial charge >= 0.3 is 0 Å². The lowest BCUT2D eigenvalue weighted by Crippen LogP contribution is -2.18. The molecule has 0 spiro atoms. The summed E-state index contributed by atoms with van der Waals surface area (Å²) in [5, 5.41) is 14.3. The molecule has 0 fully saturated rings. The molecule has 0 unspecified atom stereocenters. The number of hydrogen-bond acceptors (Lipinski definition) is 6. The maximum Gasteiger partial charge on any atom is 0.234 e. The summed E-state index contributed by atoms with van der Waals surface area (Å²) in [4.78, 5) is 24.9. The smallest absolute Gasteiger partial charge is 0.234 e. The summed E-state index contributed by atoms with van der Waals surface area (Å²) in [6, 6.07) is 12.7. The molecule has 3 rings (SSSR count). The number of nitrogens with zero attached hydrogens (tertiary/aromatic N) is 3. The molecule has 172 valence electrons. The van der Waals surface area contributed by atoms with Crippen LogP contribution in [0.15, 0.2) is 66.3 Å². The third-order valence-electron chi connectivity index (χ3n) is 4.35. The topological polar surface area (TPSA) is 98.1 Å². The quantitative estimate of drug-likeness (QED) is 0.326. The molecule has 3 aromatic rings. The zero-order valence-corrected chi connectivity index (χ0v) is 18.9. The molecule has 0 radical (unpaired) electrons. The highest BCUT2D eigenvalue weighted by molar-refractivity contribution is 7.99. The highest BCUT2D eigenvalue weighted by atomic mass is 32.2. The molecule has 1 heterocycles. The van der Waals surface area contributed by atoms with Gasteiger partial charge in [0.05, 0.1) is 24.5 Å². The maximum absolute atomic E-state index is 13.0. The molecule has 33 heavy (non-hydrogen) atoms. The van der Waals surface area contributed by atoms with E-state index in [0.29, 0.717) is 41.3 Å². The number of ether oxygens (including phenoxy) is 1. The van der Waals surface area contributed by atoms with E-state index in [-0.39, 0.29) is 29.8 Å². The summed E-state index contributed by atoms with van der Waals surface area (Å²) in [6.45, 7) is 6.48. The summed E-state index contributed by atoms with van der Waals surface area (Å²) in [5.74, 6) is 0.196. The summed E-state index contributed by atoms with van der Waals surface area (Å²) >= 11 is 1.20. The van der Waals surface area contributed by atoms with Gasteiger partial charge in [0, 0.05) is 12.2 Å². The Morgan fingerprint density at radius 3 is 2.61 bits per heavy atom. The largest absolute Gasteiger partial charge is 0.492 e. The Balaban J connectivity index is 1.62. The average Bonchev–Trinajstić information content (AvgIpc) is 3.17. The van der Waals surface area contributed by atoms with Crippen molar-refractivity contribution in [2.75, 3.05) is 23.0 Å². The van der Waals surface area contributed by atoms with Gasteiger partial charge < -0.3 is 19.9 Å². The van der Waals surface area contributed by atoms with Crippen molar-refractivity contribution in [3.8, 4) is 5.75 Å². The second kappa shape index (κ2) is 11.8. The molecule has 0 aliphatic heterocycles. The molecule has 1 aromatic heterocycles. The lowest BCUT2D eigenvalue weighted by molar-refractivity contribution is -0.116. The summed E-state index contributed by atoms with van der Waals surface area (Å²) < 4.78 is 20.3. The number of amides is 2. The van der Waals surface area contributed by atoms with E-state index in [1.54, 1.807) is 22.8 Å². The van der Waals surface area contributed by atoms with Gasteiger partial charge in [-0.25, -0.2) is 4.39 Å². The van der Waals surface area contributed by atoms with Crippen molar-refractivity contribution in [3.63, 3.8) is 0 Å². The van der Waals surface area contributed by atoms with Crippen molar-refractivity contribution in [2.45, 2.75) is 25.0 Å². The molecule has 2 amide bonds. The second-order valence-electron chi connectivity index (χ2n) is 6.80. The first-order chi connectivity index (χ1) is 16.0. The van der Waals surface area contributed by atoms with Crippen LogP contribution >= 0.6 is 11.8 Å². The SMILES string of the molecule is C=CCn1c(CC(=O)Nc2ccc(F)cc2)nnc1SCC(=O)Nc1ccccc1OCC. The fourth-order valence-corrected chi connectivity index (χ4v) is 3.69. The van der Waals surface area contributed by atoms with Crippen LogP contribution in [-0.4, -0.2) is 38.9 Å². The van der Waals surface area contributed by atoms with E-state index < -0.39 is 0 Å². The number of allylic oxidation sites excluding steroid dienone is 1. The number of carbonyl (C=O) groups excluding carboxylic acids is 2. The number of carbonyl (C=O) groups is 2. The fraction of sp³-hybridized carbons (Fsp3) is 0.217. The van der Waals surface area contributed by atoms with Crippen LogP contribution in [0.4, 0.5) is 15.8 Å². The van der Waals surface area contributed by atoms with Crippen LogP contribution < -0.4 is 15.4 Å². The monoisotopic (exact) mass is 469 g/mol.